The van der Waals surface area contributed by atoms with Gasteiger partial charge in [-0.3, -0.25) is 4.79 Å². The molecular formula is C26H27FN6O3. The zero-order valence-electron chi connectivity index (χ0n) is 20.5. The van der Waals surface area contributed by atoms with E-state index in [-0.39, 0.29) is 24.7 Å². The van der Waals surface area contributed by atoms with E-state index >= 15 is 0 Å². The maximum absolute atomic E-state index is 13.9. The summed E-state index contributed by atoms with van der Waals surface area (Å²) in [5, 5.41) is 9.74. The number of aryl methyl sites for hydroxylation is 1. The Morgan fingerprint density at radius 2 is 1.89 bits per heavy atom. The average Bonchev–Trinajstić information content (AvgIpc) is 3.19. The van der Waals surface area contributed by atoms with E-state index in [1.165, 1.54) is 6.07 Å². The summed E-state index contributed by atoms with van der Waals surface area (Å²) in [5.41, 5.74) is 3.28. The van der Waals surface area contributed by atoms with Crippen molar-refractivity contribution >= 4 is 23.5 Å². The summed E-state index contributed by atoms with van der Waals surface area (Å²) in [4.78, 5) is 33.2. The van der Waals surface area contributed by atoms with E-state index in [9.17, 15) is 14.0 Å². The highest BCUT2D eigenvalue weighted by Crippen LogP contribution is 2.33. The SMILES string of the molecule is Cc1cc(-c2nc3cccnn3c2-c2ccnc(NC(=O)CCNC(=O)OC(C)(C)C)c2)ccc1F. The maximum atomic E-state index is 13.9. The second kappa shape index (κ2) is 10.1. The molecule has 10 heteroatoms. The van der Waals surface area contributed by atoms with Crippen molar-refractivity contribution in [3.63, 3.8) is 0 Å². The number of imidazole rings is 1. The van der Waals surface area contributed by atoms with Gasteiger partial charge >= 0.3 is 6.09 Å². The molecule has 0 aliphatic carbocycles. The quantitative estimate of drug-likeness (QED) is 0.403. The van der Waals surface area contributed by atoms with Crippen molar-refractivity contribution in [2.75, 3.05) is 11.9 Å². The number of rotatable bonds is 6. The van der Waals surface area contributed by atoms with E-state index in [1.54, 1.807) is 74.9 Å². The number of fused-ring (bicyclic) bond motifs is 1. The molecule has 2 amide bonds. The van der Waals surface area contributed by atoms with Crippen LogP contribution in [0.15, 0.2) is 54.9 Å². The Labute approximate surface area is 207 Å². The molecule has 0 unspecified atom stereocenters. The van der Waals surface area contributed by atoms with E-state index in [1.807, 2.05) is 6.07 Å². The van der Waals surface area contributed by atoms with Gasteiger partial charge in [-0.15, -0.1) is 0 Å². The molecule has 0 radical (unpaired) electrons. The van der Waals surface area contributed by atoms with Crippen molar-refractivity contribution in [3.05, 3.63) is 66.2 Å². The van der Waals surface area contributed by atoms with Gasteiger partial charge in [-0.05, 0) is 75.7 Å². The van der Waals surface area contributed by atoms with Gasteiger partial charge in [0, 0.05) is 36.5 Å². The number of anilines is 1. The number of nitrogens with one attached hydrogen (secondary N) is 2. The molecule has 186 valence electrons. The highest BCUT2D eigenvalue weighted by molar-refractivity contribution is 5.91. The van der Waals surface area contributed by atoms with Crippen LogP contribution < -0.4 is 10.6 Å². The van der Waals surface area contributed by atoms with E-state index < -0.39 is 11.7 Å². The average molecular weight is 491 g/mol. The number of carbonyl (C=O) groups excluding carboxylic acids is 2. The van der Waals surface area contributed by atoms with E-state index in [0.29, 0.717) is 28.4 Å². The molecule has 0 aliphatic rings. The van der Waals surface area contributed by atoms with Crippen molar-refractivity contribution in [2.45, 2.75) is 39.7 Å². The van der Waals surface area contributed by atoms with E-state index in [4.69, 9.17) is 9.72 Å². The van der Waals surface area contributed by atoms with Gasteiger partial charge in [-0.2, -0.15) is 5.10 Å². The molecule has 0 saturated carbocycles. The highest BCUT2D eigenvalue weighted by atomic mass is 19.1. The van der Waals surface area contributed by atoms with Crippen LogP contribution in [-0.4, -0.2) is 43.7 Å². The van der Waals surface area contributed by atoms with Crippen LogP contribution >= 0.6 is 0 Å². The number of benzene rings is 1. The van der Waals surface area contributed by atoms with Crippen molar-refractivity contribution in [1.29, 1.82) is 0 Å². The first-order valence-corrected chi connectivity index (χ1v) is 11.4. The fourth-order valence-corrected chi connectivity index (χ4v) is 3.58. The van der Waals surface area contributed by atoms with Crippen molar-refractivity contribution in [2.24, 2.45) is 0 Å². The van der Waals surface area contributed by atoms with Crippen LogP contribution in [0.3, 0.4) is 0 Å². The minimum atomic E-state index is -0.616. The third kappa shape index (κ3) is 5.83. The fourth-order valence-electron chi connectivity index (χ4n) is 3.58. The van der Waals surface area contributed by atoms with Crippen LogP contribution in [0.1, 0.15) is 32.8 Å². The molecule has 1 aromatic carbocycles. The topological polar surface area (TPSA) is 111 Å². The van der Waals surface area contributed by atoms with Gasteiger partial charge in [0.05, 0.1) is 5.69 Å². The summed E-state index contributed by atoms with van der Waals surface area (Å²) in [5.74, 6) is -0.277. The first-order chi connectivity index (χ1) is 17.1. The van der Waals surface area contributed by atoms with Crippen LogP contribution in [-0.2, 0) is 9.53 Å². The molecule has 4 aromatic rings. The van der Waals surface area contributed by atoms with Crippen molar-refractivity contribution < 1.29 is 18.7 Å². The Balaban J connectivity index is 1.56. The summed E-state index contributed by atoms with van der Waals surface area (Å²) in [6.07, 6.45) is 2.69. The Morgan fingerprint density at radius 3 is 2.64 bits per heavy atom. The number of carbonyl (C=O) groups is 2. The molecule has 0 saturated heterocycles. The summed E-state index contributed by atoms with van der Waals surface area (Å²) in [6.45, 7) is 7.11. The smallest absolute Gasteiger partial charge is 0.407 e. The van der Waals surface area contributed by atoms with Crippen LogP contribution in [0.4, 0.5) is 15.0 Å². The maximum Gasteiger partial charge on any atom is 0.407 e. The number of ether oxygens (including phenoxy) is 1. The molecule has 2 N–H and O–H groups in total. The second-order valence-electron chi connectivity index (χ2n) is 9.22. The third-order valence-corrected chi connectivity index (χ3v) is 5.15. The summed E-state index contributed by atoms with van der Waals surface area (Å²) in [6, 6.07) is 12.0. The Bertz CT molecular complexity index is 1430. The molecule has 3 heterocycles. The number of nitrogens with zero attached hydrogens (tertiary/aromatic N) is 4. The molecule has 9 nitrogen and oxygen atoms in total. The molecular weight excluding hydrogens is 463 g/mol. The van der Waals surface area contributed by atoms with Gasteiger partial charge in [-0.1, -0.05) is 0 Å². The molecule has 36 heavy (non-hydrogen) atoms. The third-order valence-electron chi connectivity index (χ3n) is 5.15. The number of pyridine rings is 1. The summed E-state index contributed by atoms with van der Waals surface area (Å²) >= 11 is 0. The monoisotopic (exact) mass is 490 g/mol. The van der Waals surface area contributed by atoms with Crippen LogP contribution in [0.5, 0.6) is 0 Å². The van der Waals surface area contributed by atoms with Gasteiger partial charge in [0.1, 0.15) is 22.9 Å². The Morgan fingerprint density at radius 1 is 1.08 bits per heavy atom. The lowest BCUT2D eigenvalue weighted by Crippen LogP contribution is -2.34. The van der Waals surface area contributed by atoms with Crippen LogP contribution in [0.25, 0.3) is 28.2 Å². The molecule has 3 aromatic heterocycles. The number of hydrogen-bond donors (Lipinski definition) is 2. The van der Waals surface area contributed by atoms with Crippen LogP contribution in [0, 0.1) is 12.7 Å². The van der Waals surface area contributed by atoms with Gasteiger partial charge in [-0.25, -0.2) is 23.7 Å². The summed E-state index contributed by atoms with van der Waals surface area (Å²) in [7, 11) is 0. The summed E-state index contributed by atoms with van der Waals surface area (Å²) < 4.78 is 20.8. The first-order valence-electron chi connectivity index (χ1n) is 11.4. The largest absolute Gasteiger partial charge is 0.444 e. The lowest BCUT2D eigenvalue weighted by molar-refractivity contribution is -0.116. The lowest BCUT2D eigenvalue weighted by Gasteiger charge is -2.19. The number of alkyl carbamates (subject to hydrolysis) is 1. The standard InChI is InChI=1S/C26H27FN6O3/c1-16-14-17(7-8-19(16)27)23-24(33-21(32-23)6-5-11-30-33)18-9-12-28-20(15-18)31-22(34)10-13-29-25(35)36-26(2,3)4/h5-9,11-12,14-15H,10,13H2,1-4H3,(H,29,35)(H,28,31,34). The van der Waals surface area contributed by atoms with Gasteiger partial charge in [0.15, 0.2) is 5.65 Å². The highest BCUT2D eigenvalue weighted by Gasteiger charge is 2.19. The lowest BCUT2D eigenvalue weighted by atomic mass is 10.0. The zero-order valence-corrected chi connectivity index (χ0v) is 20.5. The first kappa shape index (κ1) is 24.8. The van der Waals surface area contributed by atoms with Gasteiger partial charge in [0.25, 0.3) is 0 Å². The molecule has 0 aliphatic heterocycles. The number of hydrogen-bond acceptors (Lipinski definition) is 6. The van der Waals surface area contributed by atoms with Crippen LogP contribution in [0.2, 0.25) is 0 Å². The number of halogens is 1. The molecule has 0 bridgehead atoms. The van der Waals surface area contributed by atoms with Gasteiger partial charge < -0.3 is 15.4 Å². The normalized spacial score (nSPS) is 11.4. The van der Waals surface area contributed by atoms with Gasteiger partial charge in [0.2, 0.25) is 5.91 Å². The molecule has 0 spiro atoms. The van der Waals surface area contributed by atoms with E-state index in [2.05, 4.69) is 20.7 Å². The second-order valence-corrected chi connectivity index (χ2v) is 9.22. The number of aromatic nitrogens is 4. The molecule has 0 atom stereocenters. The Kier molecular flexibility index (Phi) is 6.96. The van der Waals surface area contributed by atoms with E-state index in [0.717, 1.165) is 11.1 Å². The minimum Gasteiger partial charge on any atom is -0.444 e. The fraction of sp³-hybridized carbons (Fsp3) is 0.269. The van der Waals surface area contributed by atoms with Crippen molar-refractivity contribution in [3.8, 4) is 22.5 Å². The Hall–Kier alpha value is -4.34. The molecule has 4 rings (SSSR count). The minimum absolute atomic E-state index is 0.0441. The zero-order chi connectivity index (χ0) is 25.9. The predicted molar refractivity (Wildman–Crippen MR) is 134 cm³/mol. The molecule has 0 fully saturated rings. The van der Waals surface area contributed by atoms with Crippen molar-refractivity contribution in [1.82, 2.24) is 24.9 Å². The number of amides is 2. The predicted octanol–water partition coefficient (Wildman–Crippen LogP) is 4.76.